The van der Waals surface area contributed by atoms with Crippen LogP contribution in [0.15, 0.2) is 48.5 Å². The molecule has 1 heterocycles. The number of ether oxygens (including phenoxy) is 1. The fraction of sp³-hybridized carbons (Fsp3) is 0.300. The lowest BCUT2D eigenvalue weighted by molar-refractivity contribution is -0.151. The van der Waals surface area contributed by atoms with Crippen LogP contribution in [0.25, 0.3) is 11.1 Å². The predicted molar refractivity (Wildman–Crippen MR) is 92.7 cm³/mol. The molecule has 27 heavy (non-hydrogen) atoms. The number of aliphatic carboxylic acids is 1. The minimum atomic E-state index is -3.46. The molecule has 0 aromatic heterocycles. The van der Waals surface area contributed by atoms with E-state index in [0.29, 0.717) is 0 Å². The van der Waals surface area contributed by atoms with Gasteiger partial charge >= 0.3 is 12.1 Å². The molecule has 2 aromatic carbocycles. The summed E-state index contributed by atoms with van der Waals surface area (Å²) in [5.74, 6) is -7.16. The van der Waals surface area contributed by atoms with Gasteiger partial charge in [-0.3, -0.25) is 4.79 Å². The molecule has 4 rings (SSSR count). The standard InChI is InChI=1S/C20H17F2NO4/c21-20(22)11-23(9-17(20)18(24)25)19(26)27-10-16-14-7-3-1-5-12(14)13-6-2-4-8-15(13)16/h1-8,16-17H,9-11H2,(H,24,25). The van der Waals surface area contributed by atoms with Crippen molar-refractivity contribution in [3.63, 3.8) is 0 Å². The lowest BCUT2D eigenvalue weighted by Crippen LogP contribution is -2.33. The summed E-state index contributed by atoms with van der Waals surface area (Å²) < 4.78 is 32.9. The van der Waals surface area contributed by atoms with Crippen molar-refractivity contribution in [2.75, 3.05) is 19.7 Å². The summed E-state index contributed by atoms with van der Waals surface area (Å²) in [4.78, 5) is 24.0. The van der Waals surface area contributed by atoms with Gasteiger partial charge in [-0.05, 0) is 22.3 Å². The van der Waals surface area contributed by atoms with Gasteiger partial charge in [0.25, 0.3) is 5.92 Å². The third-order valence-corrected chi connectivity index (χ3v) is 5.21. The number of likely N-dealkylation sites (tertiary alicyclic amines) is 1. The zero-order valence-corrected chi connectivity index (χ0v) is 14.3. The Balaban J connectivity index is 1.50. The van der Waals surface area contributed by atoms with Gasteiger partial charge in [0.15, 0.2) is 0 Å². The maximum atomic E-state index is 13.8. The highest BCUT2D eigenvalue weighted by Gasteiger charge is 2.54. The summed E-state index contributed by atoms with van der Waals surface area (Å²) in [5, 5.41) is 8.91. The second-order valence-electron chi connectivity index (χ2n) is 6.84. The number of alkyl halides is 2. The SMILES string of the molecule is O=C(O)C1CN(C(=O)OCC2c3ccccc3-c3ccccc32)CC1(F)F. The Bertz CT molecular complexity index is 869. The third-order valence-electron chi connectivity index (χ3n) is 5.21. The van der Waals surface area contributed by atoms with E-state index in [2.05, 4.69) is 0 Å². The number of carbonyl (C=O) groups is 2. The monoisotopic (exact) mass is 373 g/mol. The molecule has 1 N–H and O–H groups in total. The number of carbonyl (C=O) groups excluding carboxylic acids is 1. The van der Waals surface area contributed by atoms with Crippen molar-refractivity contribution in [1.82, 2.24) is 4.90 Å². The average Bonchev–Trinajstić information content (AvgIpc) is 3.14. The average molecular weight is 373 g/mol. The van der Waals surface area contributed by atoms with E-state index in [9.17, 15) is 18.4 Å². The van der Waals surface area contributed by atoms with Gasteiger partial charge in [-0.15, -0.1) is 0 Å². The first kappa shape index (κ1) is 17.5. The summed E-state index contributed by atoms with van der Waals surface area (Å²) in [7, 11) is 0. The Hall–Kier alpha value is -2.96. The molecule has 7 heteroatoms. The first-order chi connectivity index (χ1) is 12.9. The second-order valence-corrected chi connectivity index (χ2v) is 6.84. The van der Waals surface area contributed by atoms with Crippen molar-refractivity contribution in [3.8, 4) is 11.1 Å². The number of fused-ring (bicyclic) bond motifs is 3. The Kier molecular flexibility index (Phi) is 4.09. The normalized spacial score (nSPS) is 20.2. The van der Waals surface area contributed by atoms with E-state index in [1.54, 1.807) is 0 Å². The molecule has 0 saturated carbocycles. The van der Waals surface area contributed by atoms with E-state index in [-0.39, 0.29) is 12.5 Å². The minimum Gasteiger partial charge on any atom is -0.481 e. The molecule has 0 radical (unpaired) electrons. The predicted octanol–water partition coefficient (Wildman–Crippen LogP) is 3.59. The lowest BCUT2D eigenvalue weighted by atomic mass is 9.98. The van der Waals surface area contributed by atoms with Gasteiger partial charge in [-0.2, -0.15) is 0 Å². The van der Waals surface area contributed by atoms with Gasteiger partial charge in [-0.1, -0.05) is 48.5 Å². The fourth-order valence-corrected chi connectivity index (χ4v) is 3.87. The van der Waals surface area contributed by atoms with Crippen LogP contribution in [-0.4, -0.2) is 47.7 Å². The summed E-state index contributed by atoms with van der Waals surface area (Å²) in [6.45, 7) is -1.49. The summed E-state index contributed by atoms with van der Waals surface area (Å²) >= 11 is 0. The number of hydrogen-bond donors (Lipinski definition) is 1. The Labute approximate surface area is 154 Å². The first-order valence-corrected chi connectivity index (χ1v) is 8.59. The highest BCUT2D eigenvalue weighted by Crippen LogP contribution is 2.44. The molecule has 2 aliphatic rings. The van der Waals surface area contributed by atoms with E-state index in [0.717, 1.165) is 27.2 Å². The summed E-state index contributed by atoms with van der Waals surface area (Å²) in [6, 6.07) is 15.6. The number of carboxylic acid groups (broad SMARTS) is 1. The summed E-state index contributed by atoms with van der Waals surface area (Å²) in [5.41, 5.74) is 4.16. The molecule has 140 valence electrons. The van der Waals surface area contributed by atoms with Crippen LogP contribution in [0, 0.1) is 5.92 Å². The smallest absolute Gasteiger partial charge is 0.410 e. The Morgan fingerprint density at radius 2 is 1.63 bits per heavy atom. The van der Waals surface area contributed by atoms with Gasteiger partial charge in [0, 0.05) is 12.5 Å². The molecular weight excluding hydrogens is 356 g/mol. The number of halogens is 2. The molecule has 1 unspecified atom stereocenters. The fourth-order valence-electron chi connectivity index (χ4n) is 3.87. The molecule has 1 aliphatic carbocycles. The zero-order valence-electron chi connectivity index (χ0n) is 14.3. The molecule has 5 nitrogen and oxygen atoms in total. The topological polar surface area (TPSA) is 66.8 Å². The van der Waals surface area contributed by atoms with Crippen LogP contribution >= 0.6 is 0 Å². The van der Waals surface area contributed by atoms with Crippen molar-refractivity contribution < 1.29 is 28.2 Å². The third kappa shape index (κ3) is 2.93. The van der Waals surface area contributed by atoms with E-state index in [4.69, 9.17) is 9.84 Å². The number of rotatable bonds is 3. The van der Waals surface area contributed by atoms with Crippen LogP contribution in [0.2, 0.25) is 0 Å². The van der Waals surface area contributed by atoms with Crippen LogP contribution in [0.3, 0.4) is 0 Å². The Morgan fingerprint density at radius 1 is 1.07 bits per heavy atom. The highest BCUT2D eigenvalue weighted by atomic mass is 19.3. The number of nitrogens with zero attached hydrogens (tertiary/aromatic N) is 1. The van der Waals surface area contributed by atoms with Gasteiger partial charge in [0.1, 0.15) is 12.5 Å². The first-order valence-electron chi connectivity index (χ1n) is 8.59. The molecule has 1 aliphatic heterocycles. The van der Waals surface area contributed by atoms with E-state index in [1.165, 1.54) is 0 Å². The van der Waals surface area contributed by atoms with Gasteiger partial charge in [0.2, 0.25) is 0 Å². The van der Waals surface area contributed by atoms with E-state index < -0.39 is 37.0 Å². The lowest BCUT2D eigenvalue weighted by Gasteiger charge is -2.19. The molecule has 1 atom stereocenters. The van der Waals surface area contributed by atoms with Crippen LogP contribution in [0.5, 0.6) is 0 Å². The molecule has 1 fully saturated rings. The largest absolute Gasteiger partial charge is 0.481 e. The minimum absolute atomic E-state index is 0.00662. The molecule has 0 bridgehead atoms. The maximum absolute atomic E-state index is 13.8. The van der Waals surface area contributed by atoms with Gasteiger partial charge in [-0.25, -0.2) is 13.6 Å². The van der Waals surface area contributed by atoms with Gasteiger partial charge in [0.05, 0.1) is 6.54 Å². The van der Waals surface area contributed by atoms with E-state index >= 15 is 0 Å². The molecule has 1 saturated heterocycles. The van der Waals surface area contributed by atoms with Gasteiger partial charge < -0.3 is 14.7 Å². The van der Waals surface area contributed by atoms with Crippen LogP contribution < -0.4 is 0 Å². The maximum Gasteiger partial charge on any atom is 0.410 e. The zero-order chi connectivity index (χ0) is 19.2. The highest BCUT2D eigenvalue weighted by molar-refractivity contribution is 5.79. The molecular formula is C20H17F2NO4. The molecule has 1 amide bonds. The molecule has 0 spiro atoms. The number of carboxylic acids is 1. The quantitative estimate of drug-likeness (QED) is 0.893. The van der Waals surface area contributed by atoms with Crippen LogP contribution in [0.1, 0.15) is 17.0 Å². The number of amides is 1. The van der Waals surface area contributed by atoms with Crippen molar-refractivity contribution >= 4 is 12.1 Å². The van der Waals surface area contributed by atoms with Crippen molar-refractivity contribution in [2.45, 2.75) is 11.8 Å². The van der Waals surface area contributed by atoms with Crippen LogP contribution in [0.4, 0.5) is 13.6 Å². The number of benzene rings is 2. The van der Waals surface area contributed by atoms with Crippen molar-refractivity contribution in [3.05, 3.63) is 59.7 Å². The molecule has 2 aromatic rings. The summed E-state index contributed by atoms with van der Waals surface area (Å²) in [6.07, 6.45) is -0.916. The second kappa shape index (κ2) is 6.33. The van der Waals surface area contributed by atoms with E-state index in [1.807, 2.05) is 48.5 Å². The van der Waals surface area contributed by atoms with Crippen molar-refractivity contribution in [1.29, 1.82) is 0 Å². The Morgan fingerprint density at radius 3 is 2.15 bits per heavy atom. The number of hydrogen-bond acceptors (Lipinski definition) is 3. The van der Waals surface area contributed by atoms with Crippen molar-refractivity contribution in [2.24, 2.45) is 5.92 Å². The van der Waals surface area contributed by atoms with Crippen LogP contribution in [-0.2, 0) is 9.53 Å².